The summed E-state index contributed by atoms with van der Waals surface area (Å²) in [6, 6.07) is 7.63. The molecule has 0 aliphatic carbocycles. The lowest BCUT2D eigenvalue weighted by molar-refractivity contribution is 0.0786. The number of H-pyrrole nitrogens is 1. The molecule has 4 rings (SSSR count). The minimum atomic E-state index is -0.0570. The van der Waals surface area contributed by atoms with Gasteiger partial charge in [-0.15, -0.1) is 0 Å². The number of hydrogen-bond donors (Lipinski definition) is 1. The maximum Gasteiger partial charge on any atom is 0.275 e. The van der Waals surface area contributed by atoms with Crippen LogP contribution in [0.3, 0.4) is 0 Å². The van der Waals surface area contributed by atoms with Crippen molar-refractivity contribution in [1.82, 2.24) is 25.2 Å². The Hall–Kier alpha value is -2.70. The highest BCUT2D eigenvalue weighted by Crippen LogP contribution is 2.26. The second-order valence-electron chi connectivity index (χ2n) is 5.14. The van der Waals surface area contributed by atoms with Crippen LogP contribution in [-0.2, 0) is 0 Å². The Bertz CT molecular complexity index is 780. The molecule has 1 aromatic carbocycles. The molecule has 3 aromatic rings. The Morgan fingerprint density at radius 2 is 2.29 bits per heavy atom. The lowest BCUT2D eigenvalue weighted by Gasteiger charge is -2.14. The van der Waals surface area contributed by atoms with E-state index in [0.29, 0.717) is 24.6 Å². The smallest absolute Gasteiger partial charge is 0.275 e. The van der Waals surface area contributed by atoms with Crippen LogP contribution >= 0.6 is 0 Å². The number of rotatable bonds is 2. The number of fused-ring (bicyclic) bond motifs is 1. The Labute approximate surface area is 119 Å². The average Bonchev–Trinajstić information content (AvgIpc) is 3.25. The van der Waals surface area contributed by atoms with Crippen LogP contribution in [0.15, 0.2) is 35.2 Å². The maximum absolute atomic E-state index is 12.6. The van der Waals surface area contributed by atoms with Gasteiger partial charge in [-0.05, 0) is 12.5 Å². The Morgan fingerprint density at radius 1 is 1.38 bits per heavy atom. The van der Waals surface area contributed by atoms with Gasteiger partial charge < -0.3 is 9.42 Å². The van der Waals surface area contributed by atoms with Crippen molar-refractivity contribution in [2.45, 2.75) is 12.3 Å². The van der Waals surface area contributed by atoms with E-state index in [1.807, 2.05) is 24.3 Å². The van der Waals surface area contributed by atoms with Crippen molar-refractivity contribution in [3.63, 3.8) is 0 Å². The molecule has 106 valence electrons. The van der Waals surface area contributed by atoms with Gasteiger partial charge in [-0.25, -0.2) is 0 Å². The first-order valence-corrected chi connectivity index (χ1v) is 6.81. The number of para-hydroxylation sites is 1. The number of nitrogens with one attached hydrogen (secondary N) is 1. The van der Waals surface area contributed by atoms with Crippen molar-refractivity contribution in [3.05, 3.63) is 42.2 Å². The third-order valence-electron chi connectivity index (χ3n) is 3.89. The standard InChI is InChI=1S/C14H13N5O2/c20-14(12-10-3-1-2-4-11(10)16-17-12)19-6-5-9(7-19)13-15-8-21-18-13/h1-4,8-9H,5-7H2,(H,16,17)/t9-/m0/s1. The first-order chi connectivity index (χ1) is 10.3. The highest BCUT2D eigenvalue weighted by Gasteiger charge is 2.31. The van der Waals surface area contributed by atoms with Crippen LogP contribution in [0.1, 0.15) is 28.7 Å². The molecule has 0 saturated carbocycles. The molecular formula is C14H13N5O2. The number of likely N-dealkylation sites (tertiary alicyclic amines) is 1. The second kappa shape index (κ2) is 4.69. The van der Waals surface area contributed by atoms with Gasteiger partial charge in [-0.2, -0.15) is 10.1 Å². The lowest BCUT2D eigenvalue weighted by Crippen LogP contribution is -2.29. The van der Waals surface area contributed by atoms with Gasteiger partial charge >= 0.3 is 0 Å². The minimum Gasteiger partial charge on any atom is -0.343 e. The summed E-state index contributed by atoms with van der Waals surface area (Å²) in [7, 11) is 0. The van der Waals surface area contributed by atoms with Crippen LogP contribution in [0.2, 0.25) is 0 Å². The summed E-state index contributed by atoms with van der Waals surface area (Å²) in [6.07, 6.45) is 2.16. The van der Waals surface area contributed by atoms with E-state index in [1.54, 1.807) is 4.90 Å². The molecule has 7 nitrogen and oxygen atoms in total. The number of aromatic amines is 1. The fourth-order valence-electron chi connectivity index (χ4n) is 2.79. The molecule has 1 fully saturated rings. The molecule has 1 aliphatic heterocycles. The van der Waals surface area contributed by atoms with E-state index in [1.165, 1.54) is 6.39 Å². The normalized spacial score (nSPS) is 18.5. The van der Waals surface area contributed by atoms with Crippen molar-refractivity contribution in [3.8, 4) is 0 Å². The summed E-state index contributed by atoms with van der Waals surface area (Å²) in [4.78, 5) is 18.5. The van der Waals surface area contributed by atoms with Crippen molar-refractivity contribution >= 4 is 16.8 Å². The molecule has 0 spiro atoms. The van der Waals surface area contributed by atoms with Gasteiger partial charge in [-0.3, -0.25) is 9.89 Å². The monoisotopic (exact) mass is 283 g/mol. The van der Waals surface area contributed by atoms with Crippen LogP contribution < -0.4 is 0 Å². The number of carbonyl (C=O) groups excluding carboxylic acids is 1. The van der Waals surface area contributed by atoms with E-state index in [9.17, 15) is 4.79 Å². The van der Waals surface area contributed by atoms with E-state index in [0.717, 1.165) is 17.3 Å². The minimum absolute atomic E-state index is 0.0570. The van der Waals surface area contributed by atoms with E-state index < -0.39 is 0 Å². The van der Waals surface area contributed by atoms with E-state index >= 15 is 0 Å². The van der Waals surface area contributed by atoms with Gasteiger partial charge in [0.05, 0.1) is 5.52 Å². The molecule has 0 radical (unpaired) electrons. The summed E-state index contributed by atoms with van der Waals surface area (Å²) in [5, 5.41) is 11.8. The van der Waals surface area contributed by atoms with Crippen molar-refractivity contribution < 1.29 is 9.32 Å². The van der Waals surface area contributed by atoms with Crippen LogP contribution in [0.4, 0.5) is 0 Å². The average molecular weight is 283 g/mol. The largest absolute Gasteiger partial charge is 0.343 e. The Balaban J connectivity index is 1.58. The third kappa shape index (κ3) is 1.97. The van der Waals surface area contributed by atoms with Gasteiger partial charge in [0.25, 0.3) is 5.91 Å². The van der Waals surface area contributed by atoms with Crippen LogP contribution in [0.5, 0.6) is 0 Å². The van der Waals surface area contributed by atoms with Gasteiger partial charge in [0.15, 0.2) is 11.5 Å². The molecule has 2 aromatic heterocycles. The molecular weight excluding hydrogens is 270 g/mol. The predicted molar refractivity (Wildman–Crippen MR) is 73.7 cm³/mol. The van der Waals surface area contributed by atoms with Gasteiger partial charge in [0.1, 0.15) is 0 Å². The summed E-state index contributed by atoms with van der Waals surface area (Å²) in [5.41, 5.74) is 1.34. The number of nitrogens with zero attached hydrogens (tertiary/aromatic N) is 4. The summed E-state index contributed by atoms with van der Waals surface area (Å²) in [5.74, 6) is 0.744. The van der Waals surface area contributed by atoms with Crippen LogP contribution in [0.25, 0.3) is 10.9 Å². The van der Waals surface area contributed by atoms with E-state index in [4.69, 9.17) is 4.52 Å². The van der Waals surface area contributed by atoms with E-state index in [-0.39, 0.29) is 11.8 Å². The Morgan fingerprint density at radius 3 is 3.14 bits per heavy atom. The summed E-state index contributed by atoms with van der Waals surface area (Å²) >= 11 is 0. The summed E-state index contributed by atoms with van der Waals surface area (Å²) in [6.45, 7) is 1.28. The topological polar surface area (TPSA) is 87.9 Å². The van der Waals surface area contributed by atoms with Crippen LogP contribution in [0, 0.1) is 0 Å². The second-order valence-corrected chi connectivity index (χ2v) is 5.14. The first-order valence-electron chi connectivity index (χ1n) is 6.81. The molecule has 0 unspecified atom stereocenters. The molecule has 1 aliphatic rings. The molecule has 1 saturated heterocycles. The highest BCUT2D eigenvalue weighted by molar-refractivity contribution is 6.04. The van der Waals surface area contributed by atoms with E-state index in [2.05, 4.69) is 20.3 Å². The quantitative estimate of drug-likeness (QED) is 0.771. The predicted octanol–water partition coefficient (Wildman–Crippen LogP) is 1.58. The maximum atomic E-state index is 12.6. The number of aromatic nitrogens is 4. The fraction of sp³-hybridized carbons (Fsp3) is 0.286. The van der Waals surface area contributed by atoms with Gasteiger partial charge in [-0.1, -0.05) is 23.4 Å². The number of amides is 1. The lowest BCUT2D eigenvalue weighted by atomic mass is 10.1. The highest BCUT2D eigenvalue weighted by atomic mass is 16.5. The van der Waals surface area contributed by atoms with Crippen molar-refractivity contribution in [2.24, 2.45) is 0 Å². The SMILES string of the molecule is O=C(c1n[nH]c2ccccc12)N1CC[C@H](c2ncon2)C1. The molecule has 1 N–H and O–H groups in total. The first kappa shape index (κ1) is 12.1. The zero-order valence-corrected chi connectivity index (χ0v) is 11.2. The van der Waals surface area contributed by atoms with Crippen molar-refractivity contribution in [1.29, 1.82) is 0 Å². The molecule has 0 bridgehead atoms. The van der Waals surface area contributed by atoms with Gasteiger partial charge in [0.2, 0.25) is 6.39 Å². The molecule has 3 heterocycles. The summed E-state index contributed by atoms with van der Waals surface area (Å²) < 4.78 is 4.77. The molecule has 7 heteroatoms. The molecule has 1 amide bonds. The third-order valence-corrected chi connectivity index (χ3v) is 3.89. The molecule has 1 atom stereocenters. The van der Waals surface area contributed by atoms with Crippen LogP contribution in [-0.4, -0.2) is 44.2 Å². The zero-order chi connectivity index (χ0) is 14.2. The zero-order valence-electron chi connectivity index (χ0n) is 11.2. The van der Waals surface area contributed by atoms with Gasteiger partial charge in [0, 0.05) is 24.4 Å². The number of benzene rings is 1. The molecule has 21 heavy (non-hydrogen) atoms. The van der Waals surface area contributed by atoms with Crippen molar-refractivity contribution in [2.75, 3.05) is 13.1 Å². The number of carbonyl (C=O) groups is 1. The number of hydrogen-bond acceptors (Lipinski definition) is 5. The Kier molecular flexibility index (Phi) is 2.70. The fourth-order valence-corrected chi connectivity index (χ4v) is 2.79.